The predicted molar refractivity (Wildman–Crippen MR) is 201 cm³/mol. The zero-order chi connectivity index (χ0) is 31.6. The number of rotatable bonds is 4. The highest BCUT2D eigenvalue weighted by molar-refractivity contribution is 7.26. The maximum Gasteiger partial charge on any atom is 0.165 e. The molecule has 4 nitrogen and oxygen atoms in total. The largest absolute Gasteiger partial charge is 0.309 e. The van der Waals surface area contributed by atoms with Crippen LogP contribution in [0, 0.1) is 0 Å². The van der Waals surface area contributed by atoms with Gasteiger partial charge in [-0.25, -0.2) is 15.0 Å². The number of aromatic nitrogens is 4. The Kier molecular flexibility index (Phi) is 6.01. The minimum Gasteiger partial charge on any atom is -0.309 e. The maximum atomic E-state index is 5.18. The van der Waals surface area contributed by atoms with Crippen molar-refractivity contribution < 1.29 is 0 Å². The lowest BCUT2D eigenvalue weighted by atomic mass is 10.0. The molecular weight excluding hydrogens is 605 g/mol. The molecule has 0 radical (unpaired) electrons. The van der Waals surface area contributed by atoms with Crippen LogP contribution in [0.4, 0.5) is 0 Å². The molecule has 0 atom stereocenters. The van der Waals surface area contributed by atoms with Gasteiger partial charge in [-0.1, -0.05) is 127 Å². The molecule has 10 rings (SSSR count). The van der Waals surface area contributed by atoms with Crippen LogP contribution in [-0.4, -0.2) is 19.5 Å². The summed E-state index contributed by atoms with van der Waals surface area (Å²) < 4.78 is 4.80. The van der Waals surface area contributed by atoms with Crippen molar-refractivity contribution in [2.45, 2.75) is 0 Å². The first kappa shape index (κ1) is 27.0. The first-order valence-corrected chi connectivity index (χ1v) is 16.9. The highest BCUT2D eigenvalue weighted by Gasteiger charge is 2.21. The fourth-order valence-electron chi connectivity index (χ4n) is 7.05. The van der Waals surface area contributed by atoms with Gasteiger partial charge in [-0.05, 0) is 41.1 Å². The van der Waals surface area contributed by atoms with E-state index in [9.17, 15) is 0 Å². The summed E-state index contributed by atoms with van der Waals surface area (Å²) in [6.07, 6.45) is 0. The fraction of sp³-hybridized carbons (Fsp3) is 0. The fourth-order valence-corrected chi connectivity index (χ4v) is 8.25. The van der Waals surface area contributed by atoms with Crippen LogP contribution in [0.1, 0.15) is 0 Å². The second-order valence-electron chi connectivity index (χ2n) is 12.0. The van der Waals surface area contributed by atoms with E-state index in [1.165, 1.54) is 48.1 Å². The third-order valence-electron chi connectivity index (χ3n) is 9.22. The van der Waals surface area contributed by atoms with Crippen molar-refractivity contribution in [3.63, 3.8) is 0 Å². The van der Waals surface area contributed by atoms with Crippen LogP contribution in [0.2, 0.25) is 0 Å². The molecule has 5 heteroatoms. The number of nitrogens with zero attached hydrogens (tertiary/aromatic N) is 4. The summed E-state index contributed by atoms with van der Waals surface area (Å²) >= 11 is 1.79. The van der Waals surface area contributed by atoms with Crippen molar-refractivity contribution in [3.05, 3.63) is 158 Å². The Balaban J connectivity index is 1.32. The number of hydrogen-bond acceptors (Lipinski definition) is 4. The van der Waals surface area contributed by atoms with Crippen LogP contribution in [0.5, 0.6) is 0 Å². The topological polar surface area (TPSA) is 43.6 Å². The maximum absolute atomic E-state index is 5.18. The molecule has 0 saturated carbocycles. The van der Waals surface area contributed by atoms with Crippen molar-refractivity contribution in [2.75, 3.05) is 0 Å². The van der Waals surface area contributed by atoms with E-state index in [0.717, 1.165) is 27.1 Å². The van der Waals surface area contributed by atoms with Crippen LogP contribution in [0.3, 0.4) is 0 Å². The lowest BCUT2D eigenvalue weighted by molar-refractivity contribution is 1.07. The minimum absolute atomic E-state index is 0.655. The quantitative estimate of drug-likeness (QED) is 0.194. The zero-order valence-corrected chi connectivity index (χ0v) is 26.5. The monoisotopic (exact) mass is 630 g/mol. The molecule has 0 fully saturated rings. The lowest BCUT2D eigenvalue weighted by Gasteiger charge is -2.13. The summed E-state index contributed by atoms with van der Waals surface area (Å²) in [4.78, 5) is 15.3. The average molecular weight is 631 g/mol. The molecule has 3 aromatic heterocycles. The van der Waals surface area contributed by atoms with Gasteiger partial charge in [0.2, 0.25) is 0 Å². The predicted octanol–water partition coefficient (Wildman–Crippen LogP) is 11.5. The van der Waals surface area contributed by atoms with E-state index in [0.29, 0.717) is 17.5 Å². The molecule has 48 heavy (non-hydrogen) atoms. The molecule has 0 amide bonds. The smallest absolute Gasteiger partial charge is 0.165 e. The normalized spacial score (nSPS) is 11.8. The van der Waals surface area contributed by atoms with Gasteiger partial charge in [-0.15, -0.1) is 11.3 Å². The van der Waals surface area contributed by atoms with Crippen molar-refractivity contribution >= 4 is 64.1 Å². The van der Waals surface area contributed by atoms with Gasteiger partial charge in [0, 0.05) is 53.3 Å². The number of benzene rings is 7. The Morgan fingerprint density at radius 1 is 0.438 bits per heavy atom. The Morgan fingerprint density at radius 2 is 1.04 bits per heavy atom. The van der Waals surface area contributed by atoms with Gasteiger partial charge in [0.15, 0.2) is 17.5 Å². The Labute approximate surface area is 280 Å². The lowest BCUT2D eigenvalue weighted by Crippen LogP contribution is -2.01. The van der Waals surface area contributed by atoms with Crippen LogP contribution < -0.4 is 0 Å². The van der Waals surface area contributed by atoms with E-state index >= 15 is 0 Å². The van der Waals surface area contributed by atoms with Gasteiger partial charge in [0.25, 0.3) is 0 Å². The molecule has 0 N–H and O–H groups in total. The standard InChI is InChI=1S/C43H26N4S/c1-3-14-28(15-4-1)41-44-42(29-16-5-2-6-17-29)46-43(45-41)35-26-30(25-34-32-19-10-12-22-38(32)48-40(34)35)47-36-21-11-9-20-33(36)39-31-18-8-7-13-27(31)23-24-37(39)47/h1-26H. The molecule has 10 aromatic rings. The third kappa shape index (κ3) is 4.18. The van der Waals surface area contributed by atoms with Gasteiger partial charge >= 0.3 is 0 Å². The Bertz CT molecular complexity index is 2780. The van der Waals surface area contributed by atoms with Crippen LogP contribution in [0.15, 0.2) is 158 Å². The minimum atomic E-state index is 0.655. The van der Waals surface area contributed by atoms with Crippen LogP contribution in [0.25, 0.3) is 92.6 Å². The summed E-state index contributed by atoms with van der Waals surface area (Å²) in [5, 5.41) is 7.41. The molecule has 0 spiro atoms. The van der Waals surface area contributed by atoms with Crippen molar-refractivity contribution in [2.24, 2.45) is 0 Å². The van der Waals surface area contributed by atoms with Gasteiger partial charge in [0.05, 0.1) is 11.0 Å². The molecule has 0 unspecified atom stereocenters. The summed E-state index contributed by atoms with van der Waals surface area (Å²) in [6.45, 7) is 0. The van der Waals surface area contributed by atoms with Gasteiger partial charge < -0.3 is 4.57 Å². The number of para-hydroxylation sites is 1. The number of hydrogen-bond donors (Lipinski definition) is 0. The summed E-state index contributed by atoms with van der Waals surface area (Å²) in [7, 11) is 0. The average Bonchev–Trinajstić information content (AvgIpc) is 3.71. The Morgan fingerprint density at radius 3 is 1.79 bits per heavy atom. The highest BCUT2D eigenvalue weighted by atomic mass is 32.1. The van der Waals surface area contributed by atoms with Gasteiger partial charge in [0.1, 0.15) is 0 Å². The Hall–Kier alpha value is -6.17. The summed E-state index contributed by atoms with van der Waals surface area (Å²) in [6, 6.07) is 55.5. The second kappa shape index (κ2) is 10.7. The SMILES string of the molecule is c1ccc(-c2nc(-c3ccccc3)nc(-c3cc(-n4c5ccccc5c5c6ccccc6ccc54)cc4c3sc3ccccc34)n2)cc1. The first-order valence-electron chi connectivity index (χ1n) is 16.0. The molecule has 0 aliphatic rings. The van der Waals surface area contributed by atoms with Crippen LogP contribution >= 0.6 is 11.3 Å². The molecule has 0 saturated heterocycles. The van der Waals surface area contributed by atoms with E-state index in [1.54, 1.807) is 11.3 Å². The van der Waals surface area contributed by atoms with E-state index < -0.39 is 0 Å². The molecule has 3 heterocycles. The van der Waals surface area contributed by atoms with Crippen molar-refractivity contribution in [1.29, 1.82) is 0 Å². The van der Waals surface area contributed by atoms with E-state index in [1.807, 2.05) is 36.4 Å². The number of thiophene rings is 1. The van der Waals surface area contributed by atoms with Crippen LogP contribution in [-0.2, 0) is 0 Å². The van der Waals surface area contributed by atoms with Crippen molar-refractivity contribution in [3.8, 4) is 39.9 Å². The summed E-state index contributed by atoms with van der Waals surface area (Å²) in [5.41, 5.74) is 6.31. The molecule has 224 valence electrons. The first-order chi connectivity index (χ1) is 23.8. The molecule has 0 aliphatic carbocycles. The molecule has 0 bridgehead atoms. The second-order valence-corrected chi connectivity index (χ2v) is 13.1. The van der Waals surface area contributed by atoms with Crippen molar-refractivity contribution in [1.82, 2.24) is 19.5 Å². The molecule has 7 aromatic carbocycles. The van der Waals surface area contributed by atoms with E-state index in [-0.39, 0.29) is 0 Å². The summed E-state index contributed by atoms with van der Waals surface area (Å²) in [5.74, 6) is 1.97. The highest BCUT2D eigenvalue weighted by Crippen LogP contribution is 2.43. The number of fused-ring (bicyclic) bond motifs is 8. The van der Waals surface area contributed by atoms with E-state index in [4.69, 9.17) is 15.0 Å². The van der Waals surface area contributed by atoms with Gasteiger partial charge in [-0.3, -0.25) is 0 Å². The molecular formula is C43H26N4S. The third-order valence-corrected chi connectivity index (χ3v) is 10.4. The zero-order valence-electron chi connectivity index (χ0n) is 25.7. The molecule has 0 aliphatic heterocycles. The van der Waals surface area contributed by atoms with E-state index in [2.05, 4.69) is 126 Å². The van der Waals surface area contributed by atoms with Gasteiger partial charge in [-0.2, -0.15) is 0 Å².